The molecule has 4 heteroatoms. The number of hydrogen-bond donors (Lipinski definition) is 0. The Morgan fingerprint density at radius 1 is 1.32 bits per heavy atom. The summed E-state index contributed by atoms with van der Waals surface area (Å²) in [5, 5.41) is 0. The molecule has 0 N–H and O–H groups in total. The minimum atomic E-state index is -1.28. The average molecular weight is 378 g/mol. The summed E-state index contributed by atoms with van der Waals surface area (Å²) >= 11 is 0. The first-order chi connectivity index (χ1) is 13.3. The molecule has 1 aromatic carbocycles. The second-order valence-electron chi connectivity index (χ2n) is 8.51. The topological polar surface area (TPSA) is 52.6 Å². The lowest BCUT2D eigenvalue weighted by atomic mass is 9.56. The highest BCUT2D eigenvalue weighted by molar-refractivity contribution is 5.93. The minimum Gasteiger partial charge on any atom is -0.415 e. The van der Waals surface area contributed by atoms with Crippen molar-refractivity contribution in [3.8, 4) is 0 Å². The van der Waals surface area contributed by atoms with Gasteiger partial charge >= 0.3 is 11.9 Å². The van der Waals surface area contributed by atoms with Crippen LogP contribution >= 0.6 is 0 Å². The van der Waals surface area contributed by atoms with Crippen LogP contribution in [0.25, 0.3) is 6.08 Å². The van der Waals surface area contributed by atoms with Crippen molar-refractivity contribution in [2.45, 2.75) is 51.7 Å². The number of carbonyl (C=O) groups is 2. The van der Waals surface area contributed by atoms with Crippen molar-refractivity contribution in [3.05, 3.63) is 65.3 Å². The van der Waals surface area contributed by atoms with Gasteiger partial charge in [-0.15, -0.1) is 0 Å². The molecule has 28 heavy (non-hydrogen) atoms. The highest BCUT2D eigenvalue weighted by atomic mass is 16.7. The van der Waals surface area contributed by atoms with Crippen molar-refractivity contribution >= 4 is 18.0 Å². The van der Waals surface area contributed by atoms with Gasteiger partial charge in [-0.05, 0) is 55.6 Å². The Morgan fingerprint density at radius 3 is 2.82 bits per heavy atom. The molecular weight excluding hydrogens is 352 g/mol. The van der Waals surface area contributed by atoms with Gasteiger partial charge in [0.15, 0.2) is 0 Å². The van der Waals surface area contributed by atoms with E-state index in [-0.39, 0.29) is 11.4 Å². The molecule has 0 radical (unpaired) electrons. The van der Waals surface area contributed by atoms with Gasteiger partial charge in [-0.25, -0.2) is 9.59 Å². The number of hydrogen-bond acceptors (Lipinski definition) is 4. The predicted molar refractivity (Wildman–Crippen MR) is 107 cm³/mol. The fraction of sp³-hybridized carbons (Fsp3) is 0.417. The van der Waals surface area contributed by atoms with Crippen LogP contribution in [0.15, 0.2) is 59.7 Å². The average Bonchev–Trinajstić information content (AvgIpc) is 2.88. The summed E-state index contributed by atoms with van der Waals surface area (Å²) in [5.74, 6) is -1.86. The fourth-order valence-corrected chi connectivity index (χ4v) is 5.09. The summed E-state index contributed by atoms with van der Waals surface area (Å²) in [5.41, 5.74) is 3.43. The van der Waals surface area contributed by atoms with Crippen molar-refractivity contribution < 1.29 is 19.1 Å². The molecular formula is C24H26O4. The van der Waals surface area contributed by atoms with E-state index < -0.39 is 11.8 Å². The van der Waals surface area contributed by atoms with E-state index in [0.29, 0.717) is 24.3 Å². The van der Waals surface area contributed by atoms with Gasteiger partial charge in [0.25, 0.3) is 5.79 Å². The second kappa shape index (κ2) is 6.77. The van der Waals surface area contributed by atoms with E-state index in [0.717, 1.165) is 30.4 Å². The first-order valence-electron chi connectivity index (χ1n) is 9.90. The molecule has 2 fully saturated rings. The quantitative estimate of drug-likeness (QED) is 0.423. The maximum atomic E-state index is 12.6. The molecule has 2 saturated carbocycles. The van der Waals surface area contributed by atoms with Gasteiger partial charge in [-0.3, -0.25) is 0 Å². The number of carbonyl (C=O) groups excluding carboxylic acids is 2. The fourth-order valence-electron chi connectivity index (χ4n) is 5.09. The normalized spacial score (nSPS) is 32.1. The maximum absolute atomic E-state index is 12.6. The molecule has 0 bridgehead atoms. The van der Waals surface area contributed by atoms with Crippen LogP contribution in [0, 0.1) is 11.3 Å². The summed E-state index contributed by atoms with van der Waals surface area (Å²) < 4.78 is 11.6. The lowest BCUT2D eigenvalue weighted by Gasteiger charge is -2.51. The predicted octanol–water partition coefficient (Wildman–Crippen LogP) is 4.97. The summed E-state index contributed by atoms with van der Waals surface area (Å²) in [6, 6.07) is 9.55. The SMILES string of the molecule is C=C1CCC[C@@]2(C)C[C@@]3(OC(=O)C=Cc4ccccc4)OC(=O)C(C)=C3C[C@H]12. The van der Waals surface area contributed by atoms with Crippen molar-refractivity contribution in [2.24, 2.45) is 11.3 Å². The van der Waals surface area contributed by atoms with E-state index in [4.69, 9.17) is 9.47 Å². The molecule has 4 rings (SSSR count). The molecule has 0 saturated heterocycles. The standard InChI is InChI=1S/C24H26O4/c1-16-8-7-13-23(3)15-24(20(14-19(16)23)17(2)22(26)28-24)27-21(25)12-11-18-9-5-4-6-10-18/h4-6,9-12,19H,1,7-8,13-15H2,2-3H3/t19-,23+,24-/m1/s1. The van der Waals surface area contributed by atoms with E-state index in [1.54, 1.807) is 13.0 Å². The van der Waals surface area contributed by atoms with Gasteiger partial charge < -0.3 is 9.47 Å². The molecule has 146 valence electrons. The third-order valence-corrected chi connectivity index (χ3v) is 6.58. The molecule has 0 spiro atoms. The number of rotatable bonds is 3. The Labute approximate surface area is 165 Å². The summed E-state index contributed by atoms with van der Waals surface area (Å²) in [7, 11) is 0. The first kappa shape index (κ1) is 18.7. The zero-order valence-electron chi connectivity index (χ0n) is 16.5. The molecule has 3 atom stereocenters. The van der Waals surface area contributed by atoms with E-state index >= 15 is 0 Å². The molecule has 0 amide bonds. The van der Waals surface area contributed by atoms with Crippen molar-refractivity contribution in [2.75, 3.05) is 0 Å². The molecule has 0 aromatic heterocycles. The summed E-state index contributed by atoms with van der Waals surface area (Å²) in [4.78, 5) is 25.0. The van der Waals surface area contributed by atoms with Gasteiger partial charge in [0.2, 0.25) is 0 Å². The number of allylic oxidation sites excluding steroid dienone is 1. The Kier molecular flexibility index (Phi) is 4.53. The molecule has 4 nitrogen and oxygen atoms in total. The van der Waals surface area contributed by atoms with Crippen LogP contribution < -0.4 is 0 Å². The van der Waals surface area contributed by atoms with Crippen LogP contribution in [-0.2, 0) is 19.1 Å². The Hall–Kier alpha value is -2.62. The third kappa shape index (κ3) is 3.11. The molecule has 1 heterocycles. The van der Waals surface area contributed by atoms with Crippen LogP contribution in [0.4, 0.5) is 0 Å². The first-order valence-corrected chi connectivity index (χ1v) is 9.90. The monoisotopic (exact) mass is 378 g/mol. The van der Waals surface area contributed by atoms with E-state index in [1.165, 1.54) is 11.6 Å². The number of benzene rings is 1. The van der Waals surface area contributed by atoms with Crippen LogP contribution in [0.1, 0.15) is 51.5 Å². The van der Waals surface area contributed by atoms with Crippen LogP contribution in [-0.4, -0.2) is 17.7 Å². The molecule has 3 aliphatic rings. The lowest BCUT2D eigenvalue weighted by molar-refractivity contribution is -0.221. The molecule has 0 unspecified atom stereocenters. The largest absolute Gasteiger partial charge is 0.415 e. The van der Waals surface area contributed by atoms with Gasteiger partial charge in [-0.2, -0.15) is 0 Å². The van der Waals surface area contributed by atoms with E-state index in [2.05, 4.69) is 13.5 Å². The lowest BCUT2D eigenvalue weighted by Crippen LogP contribution is -2.50. The van der Waals surface area contributed by atoms with Gasteiger partial charge in [0.05, 0.1) is 0 Å². The number of fused-ring (bicyclic) bond motifs is 2. The zero-order chi connectivity index (χ0) is 19.9. The summed E-state index contributed by atoms with van der Waals surface area (Å²) in [6.45, 7) is 8.25. The third-order valence-electron chi connectivity index (χ3n) is 6.58. The summed E-state index contributed by atoms with van der Waals surface area (Å²) in [6.07, 6.45) is 7.37. The number of ether oxygens (including phenoxy) is 2. The smallest absolute Gasteiger partial charge is 0.337 e. The Bertz CT molecular complexity index is 894. The van der Waals surface area contributed by atoms with Crippen molar-refractivity contribution in [3.63, 3.8) is 0 Å². The Balaban J connectivity index is 1.62. The number of esters is 2. The van der Waals surface area contributed by atoms with Crippen LogP contribution in [0.5, 0.6) is 0 Å². The van der Waals surface area contributed by atoms with Gasteiger partial charge in [-0.1, -0.05) is 49.4 Å². The second-order valence-corrected chi connectivity index (χ2v) is 8.51. The molecule has 1 aromatic rings. The highest BCUT2D eigenvalue weighted by Crippen LogP contribution is 2.59. The van der Waals surface area contributed by atoms with E-state index in [9.17, 15) is 9.59 Å². The molecule has 1 aliphatic heterocycles. The van der Waals surface area contributed by atoms with Gasteiger partial charge in [0.1, 0.15) is 0 Å². The van der Waals surface area contributed by atoms with E-state index in [1.807, 2.05) is 30.3 Å². The van der Waals surface area contributed by atoms with Gasteiger partial charge in [0, 0.05) is 23.6 Å². The highest BCUT2D eigenvalue weighted by Gasteiger charge is 2.60. The van der Waals surface area contributed by atoms with Crippen LogP contribution in [0.2, 0.25) is 0 Å². The maximum Gasteiger partial charge on any atom is 0.337 e. The van der Waals surface area contributed by atoms with Crippen molar-refractivity contribution in [1.29, 1.82) is 0 Å². The van der Waals surface area contributed by atoms with Crippen LogP contribution in [0.3, 0.4) is 0 Å². The minimum absolute atomic E-state index is 0.0901. The Morgan fingerprint density at radius 2 is 2.07 bits per heavy atom. The zero-order valence-corrected chi connectivity index (χ0v) is 16.5. The molecule has 2 aliphatic carbocycles. The van der Waals surface area contributed by atoms with Crippen molar-refractivity contribution in [1.82, 2.24) is 0 Å².